The maximum Gasteiger partial charge on any atom is 0.277 e. The number of anilines is 1. The number of H-pyrrole nitrogens is 1. The van der Waals surface area contributed by atoms with Crippen LogP contribution in [0.2, 0.25) is 0 Å². The average molecular weight is 302 g/mol. The predicted molar refractivity (Wildman–Crippen MR) is 83.4 cm³/mol. The fourth-order valence-electron chi connectivity index (χ4n) is 2.25. The highest BCUT2D eigenvalue weighted by molar-refractivity contribution is 7.22. The van der Waals surface area contributed by atoms with Crippen LogP contribution in [0, 0.1) is 6.92 Å². The number of hydrogen-bond donors (Lipinski definition) is 2. The minimum atomic E-state index is -0.325. The second-order valence-corrected chi connectivity index (χ2v) is 5.76. The highest BCUT2D eigenvalue weighted by atomic mass is 32.1. The summed E-state index contributed by atoms with van der Waals surface area (Å²) in [4.78, 5) is 28.9. The normalized spacial score (nSPS) is 11.0. The highest BCUT2D eigenvalue weighted by Crippen LogP contribution is 2.30. The van der Waals surface area contributed by atoms with Crippen molar-refractivity contribution in [3.05, 3.63) is 45.4 Å². The molecule has 7 heteroatoms. The zero-order valence-electron chi connectivity index (χ0n) is 11.9. The first-order valence-electron chi connectivity index (χ1n) is 6.40. The lowest BCUT2D eigenvalue weighted by Crippen LogP contribution is -2.19. The van der Waals surface area contributed by atoms with Crippen molar-refractivity contribution in [2.24, 2.45) is 7.05 Å². The van der Waals surface area contributed by atoms with Crippen molar-refractivity contribution in [3.63, 3.8) is 0 Å². The Hall–Kier alpha value is -2.41. The topological polar surface area (TPSA) is 79.8 Å². The van der Waals surface area contributed by atoms with Crippen LogP contribution in [0.1, 0.15) is 21.5 Å². The molecule has 0 aliphatic heterocycles. The molecule has 3 rings (SSSR count). The molecule has 0 atom stereocenters. The van der Waals surface area contributed by atoms with Crippen LogP contribution in [0.15, 0.2) is 23.1 Å². The summed E-state index contributed by atoms with van der Waals surface area (Å²) in [6.45, 7) is 1.85. The molecular formula is C14H14N4O2S. The van der Waals surface area contributed by atoms with Crippen LogP contribution in [0.5, 0.6) is 0 Å². The minimum Gasteiger partial charge on any atom is -0.365 e. The number of carbonyl (C=O) groups excluding carboxylic acids is 1. The first-order valence-corrected chi connectivity index (χ1v) is 7.21. The van der Waals surface area contributed by atoms with E-state index >= 15 is 0 Å². The maximum absolute atomic E-state index is 12.5. The van der Waals surface area contributed by atoms with Gasteiger partial charge in [0, 0.05) is 25.9 Å². The summed E-state index contributed by atoms with van der Waals surface area (Å²) < 4.78 is 2.29. The molecule has 3 aromatic rings. The zero-order valence-corrected chi connectivity index (χ0v) is 12.7. The molecule has 0 aliphatic rings. The first kappa shape index (κ1) is 13.6. The largest absolute Gasteiger partial charge is 0.365 e. The zero-order chi connectivity index (χ0) is 15.1. The standard InChI is InChI=1S/C14H14N4O2S/c1-7-8(12(19)9-6-16-18(3)13(9)20)4-5-10-11(7)17-14(15-2)21-10/h4-6,16H,1-3H3,(H,15,17). The van der Waals surface area contributed by atoms with Crippen molar-refractivity contribution < 1.29 is 4.79 Å². The molecule has 0 saturated carbocycles. The molecule has 0 spiro atoms. The number of thiazole rings is 1. The molecule has 0 fully saturated rings. The van der Waals surface area contributed by atoms with Gasteiger partial charge in [-0.05, 0) is 24.6 Å². The van der Waals surface area contributed by atoms with Crippen molar-refractivity contribution in [1.29, 1.82) is 0 Å². The number of aryl methyl sites for hydroxylation is 2. The van der Waals surface area contributed by atoms with E-state index in [1.165, 1.54) is 22.2 Å². The Morgan fingerprint density at radius 1 is 1.38 bits per heavy atom. The summed E-state index contributed by atoms with van der Waals surface area (Å²) in [7, 11) is 3.39. The number of hydrogen-bond acceptors (Lipinski definition) is 5. The SMILES string of the molecule is CNc1nc2c(C)c(C(=O)c3c[nH]n(C)c3=O)ccc2s1. The van der Waals surface area contributed by atoms with Gasteiger partial charge in [0.25, 0.3) is 5.56 Å². The Morgan fingerprint density at radius 2 is 2.14 bits per heavy atom. The van der Waals surface area contributed by atoms with Crippen LogP contribution >= 0.6 is 11.3 Å². The number of nitrogens with zero attached hydrogens (tertiary/aromatic N) is 2. The number of aromatic nitrogens is 3. The van der Waals surface area contributed by atoms with Crippen LogP contribution in [-0.4, -0.2) is 27.6 Å². The van der Waals surface area contributed by atoms with Gasteiger partial charge >= 0.3 is 0 Å². The van der Waals surface area contributed by atoms with Crippen LogP contribution in [0.3, 0.4) is 0 Å². The van der Waals surface area contributed by atoms with Crippen LogP contribution in [0.25, 0.3) is 10.2 Å². The van der Waals surface area contributed by atoms with Gasteiger partial charge in [0.15, 0.2) is 5.13 Å². The Bertz CT molecular complexity index is 903. The summed E-state index contributed by atoms with van der Waals surface area (Å²) >= 11 is 1.53. The summed E-state index contributed by atoms with van der Waals surface area (Å²) in [6, 6.07) is 3.62. The molecule has 0 radical (unpaired) electrons. The second kappa shape index (κ2) is 4.85. The number of carbonyl (C=O) groups is 1. The fraction of sp³-hybridized carbons (Fsp3) is 0.214. The van der Waals surface area contributed by atoms with E-state index in [2.05, 4.69) is 15.4 Å². The molecular weight excluding hydrogens is 288 g/mol. The lowest BCUT2D eigenvalue weighted by atomic mass is 10.0. The van der Waals surface area contributed by atoms with E-state index in [1.807, 2.05) is 20.0 Å². The number of aromatic amines is 1. The van der Waals surface area contributed by atoms with Gasteiger partial charge in [-0.3, -0.25) is 14.3 Å². The van der Waals surface area contributed by atoms with Gasteiger partial charge in [0.05, 0.1) is 10.2 Å². The van der Waals surface area contributed by atoms with Crippen LogP contribution in [0.4, 0.5) is 5.13 Å². The lowest BCUT2D eigenvalue weighted by molar-refractivity contribution is 0.103. The second-order valence-electron chi connectivity index (χ2n) is 4.73. The minimum absolute atomic E-state index is 0.143. The third-order valence-electron chi connectivity index (χ3n) is 3.45. The number of nitrogens with one attached hydrogen (secondary N) is 2. The van der Waals surface area contributed by atoms with Gasteiger partial charge < -0.3 is 10.4 Å². The molecule has 2 aromatic heterocycles. The highest BCUT2D eigenvalue weighted by Gasteiger charge is 2.19. The number of benzene rings is 1. The fourth-order valence-corrected chi connectivity index (χ4v) is 3.13. The van der Waals surface area contributed by atoms with E-state index < -0.39 is 0 Å². The molecule has 1 aromatic carbocycles. The average Bonchev–Trinajstić information content (AvgIpc) is 3.04. The van der Waals surface area contributed by atoms with Gasteiger partial charge in [0.2, 0.25) is 5.78 Å². The Kier molecular flexibility index (Phi) is 3.13. The van der Waals surface area contributed by atoms with Gasteiger partial charge in [-0.1, -0.05) is 11.3 Å². The van der Waals surface area contributed by atoms with Crippen molar-refractivity contribution in [1.82, 2.24) is 14.8 Å². The third-order valence-corrected chi connectivity index (χ3v) is 4.49. The van der Waals surface area contributed by atoms with Crippen molar-refractivity contribution in [2.45, 2.75) is 6.92 Å². The first-order chi connectivity index (χ1) is 10.0. The molecule has 0 bridgehead atoms. The van der Waals surface area contributed by atoms with E-state index in [9.17, 15) is 9.59 Å². The molecule has 0 unspecified atom stereocenters. The number of fused-ring (bicyclic) bond motifs is 1. The Balaban J connectivity index is 2.16. The molecule has 2 heterocycles. The van der Waals surface area contributed by atoms with E-state index in [-0.39, 0.29) is 16.9 Å². The van der Waals surface area contributed by atoms with Gasteiger partial charge in [-0.2, -0.15) is 0 Å². The van der Waals surface area contributed by atoms with Crippen LogP contribution < -0.4 is 10.9 Å². The molecule has 21 heavy (non-hydrogen) atoms. The summed E-state index contributed by atoms with van der Waals surface area (Å²) in [5, 5.41) is 6.52. The van der Waals surface area contributed by atoms with E-state index in [4.69, 9.17) is 0 Å². The van der Waals surface area contributed by atoms with Gasteiger partial charge in [-0.15, -0.1) is 0 Å². The van der Waals surface area contributed by atoms with Crippen molar-refractivity contribution >= 4 is 32.5 Å². The molecule has 0 amide bonds. The molecule has 0 aliphatic carbocycles. The Labute approximate surface area is 124 Å². The maximum atomic E-state index is 12.5. The monoisotopic (exact) mass is 302 g/mol. The Morgan fingerprint density at radius 3 is 2.76 bits per heavy atom. The van der Waals surface area contributed by atoms with Crippen molar-refractivity contribution in [2.75, 3.05) is 12.4 Å². The van der Waals surface area contributed by atoms with E-state index in [1.54, 1.807) is 13.1 Å². The molecule has 6 nitrogen and oxygen atoms in total. The predicted octanol–water partition coefficient (Wildman–Crippen LogP) is 1.90. The molecule has 108 valence electrons. The van der Waals surface area contributed by atoms with Crippen molar-refractivity contribution in [3.8, 4) is 0 Å². The number of ketones is 1. The summed E-state index contributed by atoms with van der Waals surface area (Å²) in [6.07, 6.45) is 1.44. The van der Waals surface area contributed by atoms with Gasteiger partial charge in [-0.25, -0.2) is 4.98 Å². The van der Waals surface area contributed by atoms with Crippen LogP contribution in [-0.2, 0) is 7.05 Å². The summed E-state index contributed by atoms with van der Waals surface area (Å²) in [5.41, 5.74) is 1.91. The third kappa shape index (κ3) is 2.06. The van der Waals surface area contributed by atoms with E-state index in [0.29, 0.717) is 5.56 Å². The quantitative estimate of drug-likeness (QED) is 0.724. The van der Waals surface area contributed by atoms with E-state index in [0.717, 1.165) is 20.9 Å². The number of rotatable bonds is 3. The molecule has 0 saturated heterocycles. The smallest absolute Gasteiger partial charge is 0.277 e. The summed E-state index contributed by atoms with van der Waals surface area (Å²) in [5.74, 6) is -0.282. The lowest BCUT2D eigenvalue weighted by Gasteiger charge is -2.03. The van der Waals surface area contributed by atoms with Gasteiger partial charge in [0.1, 0.15) is 5.56 Å². The molecule has 2 N–H and O–H groups in total.